The van der Waals surface area contributed by atoms with Crippen LogP contribution in [-0.2, 0) is 11.2 Å². The predicted molar refractivity (Wildman–Crippen MR) is 72.8 cm³/mol. The Labute approximate surface area is 109 Å². The number of benzene rings is 1. The summed E-state index contributed by atoms with van der Waals surface area (Å²) < 4.78 is 5.09. The number of hydrogen-bond donors (Lipinski definition) is 2. The number of nitrogens with one attached hydrogen (secondary N) is 2. The molecule has 0 aliphatic rings. The van der Waals surface area contributed by atoms with E-state index in [-0.39, 0.29) is 5.91 Å². The van der Waals surface area contributed by atoms with Gasteiger partial charge in [-0.15, -0.1) is 0 Å². The van der Waals surface area contributed by atoms with Crippen molar-refractivity contribution in [1.29, 1.82) is 0 Å². The fraction of sp³-hybridized carbons (Fsp3) is 0.500. The first-order valence-corrected chi connectivity index (χ1v) is 6.09. The molecule has 1 aromatic carbocycles. The first kappa shape index (κ1) is 14.5. The lowest BCUT2D eigenvalue weighted by Crippen LogP contribution is -2.51. The topological polar surface area (TPSA) is 50.4 Å². The highest BCUT2D eigenvalue weighted by Gasteiger charge is 2.24. The first-order chi connectivity index (χ1) is 8.49. The summed E-state index contributed by atoms with van der Waals surface area (Å²) >= 11 is 0. The van der Waals surface area contributed by atoms with Crippen LogP contribution in [0.15, 0.2) is 24.3 Å². The highest BCUT2D eigenvalue weighted by atomic mass is 16.5. The average molecular weight is 250 g/mol. The van der Waals surface area contributed by atoms with Crippen molar-refractivity contribution in [2.75, 3.05) is 20.7 Å². The van der Waals surface area contributed by atoms with Gasteiger partial charge in [-0.25, -0.2) is 0 Å². The Morgan fingerprint density at radius 3 is 2.39 bits per heavy atom. The minimum absolute atomic E-state index is 0.0125. The van der Waals surface area contributed by atoms with E-state index in [0.717, 1.165) is 12.2 Å². The second-order valence-electron chi connectivity index (χ2n) is 4.73. The molecule has 0 heterocycles. The van der Waals surface area contributed by atoms with Gasteiger partial charge in [-0.1, -0.05) is 12.1 Å². The molecule has 2 N–H and O–H groups in total. The highest BCUT2D eigenvalue weighted by molar-refractivity contribution is 5.85. The fourth-order valence-corrected chi connectivity index (χ4v) is 1.45. The molecule has 1 amide bonds. The molecule has 0 fully saturated rings. The van der Waals surface area contributed by atoms with Gasteiger partial charge in [0, 0.05) is 6.54 Å². The molecule has 18 heavy (non-hydrogen) atoms. The van der Waals surface area contributed by atoms with Crippen LogP contribution >= 0.6 is 0 Å². The molecule has 0 atom stereocenters. The Kier molecular flexibility index (Phi) is 5.16. The molecule has 0 aliphatic heterocycles. The Balaban J connectivity index is 2.39. The molecule has 1 rings (SSSR count). The highest BCUT2D eigenvalue weighted by Crippen LogP contribution is 2.11. The van der Waals surface area contributed by atoms with Crippen LogP contribution in [0.3, 0.4) is 0 Å². The van der Waals surface area contributed by atoms with Gasteiger partial charge >= 0.3 is 0 Å². The number of carbonyl (C=O) groups is 1. The largest absolute Gasteiger partial charge is 0.497 e. The number of ether oxygens (including phenoxy) is 1. The lowest BCUT2D eigenvalue weighted by atomic mass is 10.1. The average Bonchev–Trinajstić information content (AvgIpc) is 2.39. The number of amides is 1. The summed E-state index contributed by atoms with van der Waals surface area (Å²) in [6.07, 6.45) is 0.815. The zero-order valence-electron chi connectivity index (χ0n) is 11.5. The molecule has 0 saturated heterocycles. The Morgan fingerprint density at radius 1 is 1.28 bits per heavy atom. The summed E-state index contributed by atoms with van der Waals surface area (Å²) in [5.41, 5.74) is 0.651. The monoisotopic (exact) mass is 250 g/mol. The van der Waals surface area contributed by atoms with Crippen LogP contribution in [0.1, 0.15) is 19.4 Å². The number of methoxy groups -OCH3 is 1. The van der Waals surface area contributed by atoms with Crippen molar-refractivity contribution in [2.24, 2.45) is 0 Å². The second-order valence-corrected chi connectivity index (χ2v) is 4.73. The van der Waals surface area contributed by atoms with Gasteiger partial charge in [0.25, 0.3) is 0 Å². The van der Waals surface area contributed by atoms with Crippen LogP contribution in [0.5, 0.6) is 5.75 Å². The van der Waals surface area contributed by atoms with Gasteiger partial charge in [0.05, 0.1) is 12.6 Å². The van der Waals surface area contributed by atoms with Crippen LogP contribution in [-0.4, -0.2) is 32.1 Å². The third kappa shape index (κ3) is 4.04. The van der Waals surface area contributed by atoms with E-state index in [1.807, 2.05) is 38.1 Å². The predicted octanol–water partition coefficient (Wildman–Crippen LogP) is 1.35. The minimum atomic E-state index is -0.528. The van der Waals surface area contributed by atoms with Crippen LogP contribution < -0.4 is 15.4 Å². The Morgan fingerprint density at radius 2 is 1.89 bits per heavy atom. The third-order valence-electron chi connectivity index (χ3n) is 3.05. The van der Waals surface area contributed by atoms with Crippen molar-refractivity contribution in [3.63, 3.8) is 0 Å². The van der Waals surface area contributed by atoms with Crippen molar-refractivity contribution in [3.05, 3.63) is 29.8 Å². The van der Waals surface area contributed by atoms with Gasteiger partial charge in [-0.05, 0) is 45.0 Å². The van der Waals surface area contributed by atoms with Crippen LogP contribution in [0.25, 0.3) is 0 Å². The van der Waals surface area contributed by atoms with E-state index in [0.29, 0.717) is 6.54 Å². The number of carbonyl (C=O) groups excluding carboxylic acids is 1. The molecule has 0 aromatic heterocycles. The molecule has 1 aromatic rings. The van der Waals surface area contributed by atoms with Gasteiger partial charge in [0.1, 0.15) is 5.75 Å². The van der Waals surface area contributed by atoms with Gasteiger partial charge in [-0.3, -0.25) is 4.79 Å². The zero-order chi connectivity index (χ0) is 13.6. The summed E-state index contributed by atoms with van der Waals surface area (Å²) in [5.74, 6) is 0.859. The van der Waals surface area contributed by atoms with Crippen molar-refractivity contribution in [3.8, 4) is 5.75 Å². The molecular formula is C14H22N2O2. The second kappa shape index (κ2) is 6.40. The molecule has 4 nitrogen and oxygen atoms in total. The van der Waals surface area contributed by atoms with E-state index < -0.39 is 5.54 Å². The van der Waals surface area contributed by atoms with Crippen molar-refractivity contribution in [2.45, 2.75) is 25.8 Å². The molecule has 0 aliphatic carbocycles. The summed E-state index contributed by atoms with van der Waals surface area (Å²) in [5, 5.41) is 5.89. The molecule has 4 heteroatoms. The minimum Gasteiger partial charge on any atom is -0.497 e. The van der Waals surface area contributed by atoms with Gasteiger partial charge < -0.3 is 15.4 Å². The standard InChI is InChI=1S/C14H22N2O2/c1-14(2,15-3)13(17)16-10-9-11-5-7-12(18-4)8-6-11/h5-8,15H,9-10H2,1-4H3,(H,16,17). The van der Waals surface area contributed by atoms with E-state index in [4.69, 9.17) is 4.74 Å². The van der Waals surface area contributed by atoms with E-state index in [9.17, 15) is 4.79 Å². The van der Waals surface area contributed by atoms with Crippen LogP contribution in [0.4, 0.5) is 0 Å². The Hall–Kier alpha value is -1.55. The molecular weight excluding hydrogens is 228 g/mol. The maximum atomic E-state index is 11.8. The SMILES string of the molecule is CNC(C)(C)C(=O)NCCc1ccc(OC)cc1. The summed E-state index contributed by atoms with van der Waals surface area (Å²) in [6, 6.07) is 7.87. The van der Waals surface area contributed by atoms with E-state index in [2.05, 4.69) is 10.6 Å². The summed E-state index contributed by atoms with van der Waals surface area (Å²) in [7, 11) is 3.43. The maximum Gasteiger partial charge on any atom is 0.239 e. The molecule has 100 valence electrons. The number of rotatable bonds is 6. The Bertz CT molecular complexity index is 385. The van der Waals surface area contributed by atoms with Gasteiger partial charge in [0.2, 0.25) is 5.91 Å². The van der Waals surface area contributed by atoms with E-state index in [1.54, 1.807) is 14.2 Å². The lowest BCUT2D eigenvalue weighted by Gasteiger charge is -2.22. The first-order valence-electron chi connectivity index (χ1n) is 6.09. The van der Waals surface area contributed by atoms with Gasteiger partial charge in [-0.2, -0.15) is 0 Å². The molecule has 0 bridgehead atoms. The number of likely N-dealkylation sites (N-methyl/N-ethyl adjacent to an activating group) is 1. The summed E-state index contributed by atoms with van der Waals surface area (Å²) in [4.78, 5) is 11.8. The van der Waals surface area contributed by atoms with E-state index >= 15 is 0 Å². The normalized spacial score (nSPS) is 11.1. The van der Waals surface area contributed by atoms with Crippen molar-refractivity contribution < 1.29 is 9.53 Å². The quantitative estimate of drug-likeness (QED) is 0.801. The number of hydrogen-bond acceptors (Lipinski definition) is 3. The van der Waals surface area contributed by atoms with E-state index in [1.165, 1.54) is 5.56 Å². The third-order valence-corrected chi connectivity index (χ3v) is 3.05. The maximum absolute atomic E-state index is 11.8. The van der Waals surface area contributed by atoms with Gasteiger partial charge in [0.15, 0.2) is 0 Å². The molecule has 0 spiro atoms. The van der Waals surface area contributed by atoms with Crippen molar-refractivity contribution in [1.82, 2.24) is 10.6 Å². The lowest BCUT2D eigenvalue weighted by molar-refractivity contribution is -0.126. The van der Waals surface area contributed by atoms with Crippen LogP contribution in [0, 0.1) is 0 Å². The molecule has 0 saturated carbocycles. The molecule has 0 unspecified atom stereocenters. The fourth-order valence-electron chi connectivity index (χ4n) is 1.45. The van der Waals surface area contributed by atoms with Crippen molar-refractivity contribution >= 4 is 5.91 Å². The van der Waals surface area contributed by atoms with Crippen LogP contribution in [0.2, 0.25) is 0 Å². The zero-order valence-corrected chi connectivity index (χ0v) is 11.5. The summed E-state index contributed by atoms with van der Waals surface area (Å²) in [6.45, 7) is 4.35. The molecule has 0 radical (unpaired) electrons. The smallest absolute Gasteiger partial charge is 0.239 e.